The lowest BCUT2D eigenvalue weighted by Gasteiger charge is -2.33. The molecule has 0 spiro atoms. The van der Waals surface area contributed by atoms with Crippen molar-refractivity contribution in [2.45, 2.75) is 65.0 Å². The van der Waals surface area contributed by atoms with Crippen LogP contribution in [0.3, 0.4) is 0 Å². The summed E-state index contributed by atoms with van der Waals surface area (Å²) in [5, 5.41) is 7.13. The van der Waals surface area contributed by atoms with Crippen molar-refractivity contribution in [1.82, 2.24) is 20.4 Å². The van der Waals surface area contributed by atoms with Gasteiger partial charge in [-0.25, -0.2) is 0 Å². The van der Waals surface area contributed by atoms with Crippen LogP contribution in [0.15, 0.2) is 21.5 Å². The zero-order chi connectivity index (χ0) is 19.8. The molecule has 29 heavy (non-hydrogen) atoms. The van der Waals surface area contributed by atoms with E-state index in [0.29, 0.717) is 6.04 Å². The monoisotopic (exact) mass is 517 g/mol. The fourth-order valence-electron chi connectivity index (χ4n) is 4.38. The predicted molar refractivity (Wildman–Crippen MR) is 131 cm³/mol. The van der Waals surface area contributed by atoms with Crippen molar-refractivity contribution in [3.05, 3.63) is 23.7 Å². The van der Waals surface area contributed by atoms with Crippen LogP contribution in [-0.2, 0) is 0 Å². The standard InChI is InChI=1S/C22H39N5O.HI/c1-4-12-26-15-10-19(11-16-26)25-22(23-5-2)24-17-20(27-13-6-7-14-27)21-9-8-18(3)28-21;/h8-9,19-20H,4-7,10-17H2,1-3H3,(H2,23,24,25);1H. The molecule has 7 heteroatoms. The number of nitrogens with one attached hydrogen (secondary N) is 2. The van der Waals surface area contributed by atoms with Crippen LogP contribution in [0.5, 0.6) is 0 Å². The number of nitrogens with zero attached hydrogens (tertiary/aromatic N) is 3. The second-order valence-electron chi connectivity index (χ2n) is 8.19. The summed E-state index contributed by atoms with van der Waals surface area (Å²) in [6.45, 7) is 13.9. The van der Waals surface area contributed by atoms with Gasteiger partial charge in [0, 0.05) is 25.7 Å². The van der Waals surface area contributed by atoms with Gasteiger partial charge in [-0.1, -0.05) is 6.92 Å². The molecular formula is C22H40IN5O. The summed E-state index contributed by atoms with van der Waals surface area (Å²) in [5.41, 5.74) is 0. The summed E-state index contributed by atoms with van der Waals surface area (Å²) in [6.07, 6.45) is 6.17. The third kappa shape index (κ3) is 7.43. The topological polar surface area (TPSA) is 56.0 Å². The SMILES string of the molecule is CCCN1CCC(NC(=NCC(c2ccc(C)o2)N2CCCC2)NCC)CC1.I. The van der Waals surface area contributed by atoms with E-state index in [-0.39, 0.29) is 30.0 Å². The van der Waals surface area contributed by atoms with Crippen LogP contribution in [-0.4, -0.2) is 67.6 Å². The summed E-state index contributed by atoms with van der Waals surface area (Å²) in [5.74, 6) is 2.97. The largest absolute Gasteiger partial charge is 0.465 e. The molecule has 0 saturated carbocycles. The Labute approximate surface area is 193 Å². The molecule has 3 heterocycles. The van der Waals surface area contributed by atoms with Crippen molar-refractivity contribution in [3.8, 4) is 0 Å². The summed E-state index contributed by atoms with van der Waals surface area (Å²) in [6, 6.07) is 4.94. The summed E-state index contributed by atoms with van der Waals surface area (Å²) in [7, 11) is 0. The molecule has 0 amide bonds. The average Bonchev–Trinajstić information content (AvgIpc) is 3.36. The van der Waals surface area contributed by atoms with Gasteiger partial charge in [-0.3, -0.25) is 9.89 Å². The molecule has 2 N–H and O–H groups in total. The minimum absolute atomic E-state index is 0. The Morgan fingerprint density at radius 1 is 1.17 bits per heavy atom. The summed E-state index contributed by atoms with van der Waals surface area (Å²) >= 11 is 0. The molecular weight excluding hydrogens is 477 g/mol. The van der Waals surface area contributed by atoms with E-state index in [1.807, 2.05) is 6.92 Å². The maximum Gasteiger partial charge on any atom is 0.191 e. The molecule has 2 aliphatic rings. The van der Waals surface area contributed by atoms with Crippen molar-refractivity contribution < 1.29 is 4.42 Å². The number of halogens is 1. The third-order valence-corrected chi connectivity index (χ3v) is 5.91. The number of hydrogen-bond donors (Lipinski definition) is 2. The molecule has 1 atom stereocenters. The first-order chi connectivity index (χ1) is 13.7. The molecule has 6 nitrogen and oxygen atoms in total. The minimum Gasteiger partial charge on any atom is -0.465 e. The van der Waals surface area contributed by atoms with Gasteiger partial charge >= 0.3 is 0 Å². The Morgan fingerprint density at radius 3 is 2.48 bits per heavy atom. The molecule has 0 aromatic carbocycles. The van der Waals surface area contributed by atoms with Crippen molar-refractivity contribution in [2.24, 2.45) is 4.99 Å². The quantitative estimate of drug-likeness (QED) is 0.313. The maximum absolute atomic E-state index is 5.98. The highest BCUT2D eigenvalue weighted by atomic mass is 127. The molecule has 0 bridgehead atoms. The van der Waals surface area contributed by atoms with E-state index >= 15 is 0 Å². The number of aryl methyl sites for hydroxylation is 1. The van der Waals surface area contributed by atoms with E-state index in [4.69, 9.17) is 9.41 Å². The Bertz CT molecular complexity index is 606. The first-order valence-electron chi connectivity index (χ1n) is 11.3. The smallest absolute Gasteiger partial charge is 0.191 e. The van der Waals surface area contributed by atoms with Gasteiger partial charge in [0.1, 0.15) is 11.5 Å². The van der Waals surface area contributed by atoms with E-state index in [2.05, 4.69) is 46.4 Å². The Kier molecular flexibility index (Phi) is 10.8. The van der Waals surface area contributed by atoms with Crippen LogP contribution < -0.4 is 10.6 Å². The second-order valence-corrected chi connectivity index (χ2v) is 8.19. The fraction of sp³-hybridized carbons (Fsp3) is 0.773. The zero-order valence-corrected chi connectivity index (χ0v) is 20.8. The molecule has 1 unspecified atom stereocenters. The Morgan fingerprint density at radius 2 is 1.90 bits per heavy atom. The molecule has 1 aromatic rings. The van der Waals surface area contributed by atoms with Crippen molar-refractivity contribution in [3.63, 3.8) is 0 Å². The highest BCUT2D eigenvalue weighted by Crippen LogP contribution is 2.27. The average molecular weight is 518 g/mol. The number of piperidine rings is 1. The highest BCUT2D eigenvalue weighted by molar-refractivity contribution is 14.0. The number of likely N-dealkylation sites (tertiary alicyclic amines) is 2. The number of hydrogen-bond acceptors (Lipinski definition) is 4. The van der Waals surface area contributed by atoms with Gasteiger partial charge in [0.25, 0.3) is 0 Å². The van der Waals surface area contributed by atoms with Crippen molar-refractivity contribution in [1.29, 1.82) is 0 Å². The molecule has 166 valence electrons. The van der Waals surface area contributed by atoms with Crippen LogP contribution in [0, 0.1) is 6.92 Å². The summed E-state index contributed by atoms with van der Waals surface area (Å²) in [4.78, 5) is 10.1. The van der Waals surface area contributed by atoms with Crippen LogP contribution in [0.25, 0.3) is 0 Å². The first-order valence-corrected chi connectivity index (χ1v) is 11.3. The number of aliphatic imine (C=N–C) groups is 1. The minimum atomic E-state index is 0. The highest BCUT2D eigenvalue weighted by Gasteiger charge is 2.26. The van der Waals surface area contributed by atoms with Crippen LogP contribution in [0.1, 0.15) is 63.5 Å². The summed E-state index contributed by atoms with van der Waals surface area (Å²) < 4.78 is 5.98. The number of furan rings is 1. The third-order valence-electron chi connectivity index (χ3n) is 5.91. The molecule has 0 aliphatic carbocycles. The number of guanidine groups is 1. The lowest BCUT2D eigenvalue weighted by molar-refractivity contribution is 0.205. The van der Waals surface area contributed by atoms with Gasteiger partial charge in [-0.05, 0) is 77.7 Å². The van der Waals surface area contributed by atoms with E-state index in [9.17, 15) is 0 Å². The van der Waals surface area contributed by atoms with E-state index in [1.54, 1.807) is 0 Å². The molecule has 2 saturated heterocycles. The van der Waals surface area contributed by atoms with E-state index < -0.39 is 0 Å². The second kappa shape index (κ2) is 12.8. The van der Waals surface area contributed by atoms with Gasteiger partial charge in [0.05, 0.1) is 12.6 Å². The van der Waals surface area contributed by atoms with Crippen molar-refractivity contribution in [2.75, 3.05) is 45.8 Å². The van der Waals surface area contributed by atoms with Gasteiger partial charge in [0.2, 0.25) is 0 Å². The van der Waals surface area contributed by atoms with Crippen molar-refractivity contribution >= 4 is 29.9 Å². The maximum atomic E-state index is 5.98. The molecule has 2 fully saturated rings. The normalized spacial score (nSPS) is 20.4. The molecule has 2 aliphatic heterocycles. The van der Waals surface area contributed by atoms with Gasteiger partial charge < -0.3 is 20.0 Å². The first kappa shape index (κ1) is 24.5. The van der Waals surface area contributed by atoms with Gasteiger partial charge in [-0.15, -0.1) is 24.0 Å². The van der Waals surface area contributed by atoms with E-state index in [0.717, 1.165) is 43.7 Å². The molecule has 1 aromatic heterocycles. The Balaban J connectivity index is 0.00000300. The number of rotatable bonds is 8. The lowest BCUT2D eigenvalue weighted by Crippen LogP contribution is -2.49. The van der Waals surface area contributed by atoms with Crippen LogP contribution in [0.4, 0.5) is 0 Å². The van der Waals surface area contributed by atoms with E-state index in [1.165, 1.54) is 51.7 Å². The fourth-order valence-corrected chi connectivity index (χ4v) is 4.38. The predicted octanol–water partition coefficient (Wildman–Crippen LogP) is 3.77. The lowest BCUT2D eigenvalue weighted by atomic mass is 10.1. The van der Waals surface area contributed by atoms with Gasteiger partial charge in [0.15, 0.2) is 5.96 Å². The van der Waals surface area contributed by atoms with Gasteiger partial charge in [-0.2, -0.15) is 0 Å². The molecule has 3 rings (SSSR count). The molecule has 0 radical (unpaired) electrons. The van der Waals surface area contributed by atoms with Crippen LogP contribution >= 0.6 is 24.0 Å². The Hall–Kier alpha value is -0.800. The zero-order valence-electron chi connectivity index (χ0n) is 18.5. The van der Waals surface area contributed by atoms with Crippen LogP contribution in [0.2, 0.25) is 0 Å².